The summed E-state index contributed by atoms with van der Waals surface area (Å²) in [5.41, 5.74) is 0.298. The normalized spacial score (nSPS) is 16.4. The molecule has 0 radical (unpaired) electrons. The number of nitro benzene ring substituents is 1. The Hall–Kier alpha value is -4.05. The van der Waals surface area contributed by atoms with Gasteiger partial charge in [0, 0.05) is 55.3 Å². The molecule has 5 rings (SSSR count). The number of non-ortho nitro benzene ring substituents is 1. The molecule has 2 heterocycles. The Morgan fingerprint density at radius 2 is 1.89 bits per heavy atom. The zero-order valence-corrected chi connectivity index (χ0v) is 25.6. The average Bonchev–Trinajstić information content (AvgIpc) is 3.75. The lowest BCUT2D eigenvalue weighted by atomic mass is 10.1. The van der Waals surface area contributed by atoms with Crippen molar-refractivity contribution in [2.75, 3.05) is 44.8 Å². The molecule has 0 spiro atoms. The van der Waals surface area contributed by atoms with E-state index in [0.717, 1.165) is 26.0 Å². The number of rotatable bonds is 11. The first kappa shape index (κ1) is 31.4. The molecule has 1 aromatic heterocycles. The number of carbonyl (C=O) groups is 1. The molecule has 1 N–H and O–H groups in total. The summed E-state index contributed by atoms with van der Waals surface area (Å²) >= 11 is 6.13. The number of nitro groups is 1. The van der Waals surface area contributed by atoms with Gasteiger partial charge in [-0.25, -0.2) is 4.79 Å². The molecule has 2 fully saturated rings. The Morgan fingerprint density at radius 3 is 2.52 bits per heavy atom. The van der Waals surface area contributed by atoms with Crippen molar-refractivity contribution in [3.63, 3.8) is 0 Å². The summed E-state index contributed by atoms with van der Waals surface area (Å²) in [7, 11) is -2.86. The van der Waals surface area contributed by atoms with Crippen molar-refractivity contribution in [1.82, 2.24) is 18.8 Å². The summed E-state index contributed by atoms with van der Waals surface area (Å²) in [5, 5.41) is 16.1. The predicted molar refractivity (Wildman–Crippen MR) is 162 cm³/mol. The van der Waals surface area contributed by atoms with E-state index in [0.29, 0.717) is 23.0 Å². The molecule has 234 valence electrons. The maximum Gasteiger partial charge on any atom is 0.338 e. The van der Waals surface area contributed by atoms with Gasteiger partial charge in [-0.2, -0.15) is 27.2 Å². The van der Waals surface area contributed by atoms with Crippen LogP contribution in [0.4, 0.5) is 11.4 Å². The smallest absolute Gasteiger partial charge is 0.338 e. The molecule has 1 saturated heterocycles. The average molecular weight is 647 g/mol. The Bertz CT molecular complexity index is 1750. The molecule has 16 heteroatoms. The quantitative estimate of drug-likeness (QED) is 0.186. The summed E-state index contributed by atoms with van der Waals surface area (Å²) in [6.07, 6.45) is 3.54. The number of halogens is 1. The second-order valence-electron chi connectivity index (χ2n) is 11.0. The molecule has 14 nitrogen and oxygen atoms in total. The fraction of sp³-hybridized carbons (Fsp3) is 0.393. The number of piperazine rings is 1. The molecule has 44 heavy (non-hydrogen) atoms. The van der Waals surface area contributed by atoms with Crippen LogP contribution < -0.4 is 19.9 Å². The number of hydrogen-bond acceptors (Lipinski definition) is 10. The van der Waals surface area contributed by atoms with Crippen molar-refractivity contribution in [3.05, 3.63) is 85.3 Å². The monoisotopic (exact) mass is 646 g/mol. The fourth-order valence-corrected chi connectivity index (χ4v) is 6.10. The van der Waals surface area contributed by atoms with E-state index in [1.165, 1.54) is 27.3 Å². The van der Waals surface area contributed by atoms with Gasteiger partial charge in [-0.3, -0.25) is 14.9 Å². The van der Waals surface area contributed by atoms with E-state index in [-0.39, 0.29) is 60.7 Å². The first-order valence-electron chi connectivity index (χ1n) is 13.8. The number of hydrogen-bond donors (Lipinski definition) is 1. The first-order valence-corrected chi connectivity index (χ1v) is 15.6. The molecule has 3 aromatic rings. The molecule has 2 aromatic carbocycles. The van der Waals surface area contributed by atoms with Crippen LogP contribution in [0.25, 0.3) is 5.69 Å². The lowest BCUT2D eigenvalue weighted by Crippen LogP contribution is -2.52. The summed E-state index contributed by atoms with van der Waals surface area (Å²) in [5.74, 6) is -0.646. The molecular formula is C28H31ClN6O8S. The van der Waals surface area contributed by atoms with Crippen molar-refractivity contribution in [2.24, 2.45) is 5.41 Å². The maximum atomic E-state index is 13.6. The Kier molecular flexibility index (Phi) is 8.92. The minimum absolute atomic E-state index is 0.00308. The van der Waals surface area contributed by atoms with E-state index >= 15 is 0 Å². The summed E-state index contributed by atoms with van der Waals surface area (Å²) in [4.78, 5) is 38.0. The highest BCUT2D eigenvalue weighted by Crippen LogP contribution is 2.45. The summed E-state index contributed by atoms with van der Waals surface area (Å²) in [6, 6.07) is 10.3. The van der Waals surface area contributed by atoms with Crippen LogP contribution in [-0.2, 0) is 21.5 Å². The second kappa shape index (κ2) is 12.5. The standard InChI is InChI=1S/C28H31ClN6O8S/c1-28(6-7-28)18-43-25-24(17-30-34(26(25)36)22-5-3-4-21(29)15-22)32-8-10-33(11-9-32)44(40,41)31-16-19-12-20(27(37)42-2)14-23(13-19)35(38)39/h3-5,12-15,17,31H,6-11,16,18H2,1-2H3. The number of benzene rings is 2. The van der Waals surface area contributed by atoms with Gasteiger partial charge >= 0.3 is 11.5 Å². The topological polar surface area (TPSA) is 166 Å². The summed E-state index contributed by atoms with van der Waals surface area (Å²) in [6.45, 7) is 2.85. The third-order valence-corrected chi connectivity index (χ3v) is 9.41. The highest BCUT2D eigenvalue weighted by molar-refractivity contribution is 7.87. The van der Waals surface area contributed by atoms with E-state index in [4.69, 9.17) is 16.3 Å². The highest BCUT2D eigenvalue weighted by atomic mass is 35.5. The van der Waals surface area contributed by atoms with Crippen LogP contribution in [0, 0.1) is 15.5 Å². The van der Waals surface area contributed by atoms with Gasteiger partial charge in [-0.15, -0.1) is 0 Å². The van der Waals surface area contributed by atoms with Crippen molar-refractivity contribution in [2.45, 2.75) is 26.3 Å². The number of carbonyl (C=O) groups excluding carboxylic acids is 1. The number of nitrogens with zero attached hydrogens (tertiary/aromatic N) is 5. The molecule has 0 unspecified atom stereocenters. The van der Waals surface area contributed by atoms with E-state index in [2.05, 4.69) is 21.5 Å². The largest absolute Gasteiger partial charge is 0.486 e. The molecule has 1 aliphatic heterocycles. The van der Waals surface area contributed by atoms with Crippen LogP contribution in [-0.4, -0.2) is 73.3 Å². The van der Waals surface area contributed by atoms with Gasteiger partial charge in [0.25, 0.3) is 15.9 Å². The molecule has 1 saturated carbocycles. The lowest BCUT2D eigenvalue weighted by Gasteiger charge is -2.35. The van der Waals surface area contributed by atoms with Crippen molar-refractivity contribution >= 4 is 39.2 Å². The molecule has 0 amide bonds. The van der Waals surface area contributed by atoms with Gasteiger partial charge in [-0.1, -0.05) is 24.6 Å². The number of nitrogens with one attached hydrogen (secondary N) is 1. The molecular weight excluding hydrogens is 616 g/mol. The Labute approximate surface area is 258 Å². The maximum absolute atomic E-state index is 13.6. The first-order chi connectivity index (χ1) is 20.9. The summed E-state index contributed by atoms with van der Waals surface area (Å²) < 4.78 is 41.9. The zero-order chi connectivity index (χ0) is 31.6. The highest BCUT2D eigenvalue weighted by Gasteiger charge is 2.39. The van der Waals surface area contributed by atoms with Crippen molar-refractivity contribution < 1.29 is 27.6 Å². The number of aromatic nitrogens is 2. The van der Waals surface area contributed by atoms with E-state index in [9.17, 15) is 28.1 Å². The van der Waals surface area contributed by atoms with E-state index < -0.39 is 26.7 Å². The van der Waals surface area contributed by atoms with Crippen LogP contribution in [0.5, 0.6) is 5.75 Å². The predicted octanol–water partition coefficient (Wildman–Crippen LogP) is 2.92. The van der Waals surface area contributed by atoms with Crippen LogP contribution in [0.3, 0.4) is 0 Å². The molecule has 0 atom stereocenters. The van der Waals surface area contributed by atoms with Crippen molar-refractivity contribution in [3.8, 4) is 11.4 Å². The van der Waals surface area contributed by atoms with Gasteiger partial charge in [-0.05, 0) is 42.7 Å². The van der Waals surface area contributed by atoms with E-state index in [1.54, 1.807) is 24.3 Å². The SMILES string of the molecule is COC(=O)c1cc(CNS(=O)(=O)N2CCN(c3cnn(-c4cccc(Cl)c4)c(=O)c3OCC3(C)CC3)CC2)cc([N+](=O)[O-])c1. The van der Waals surface area contributed by atoms with Crippen LogP contribution in [0.1, 0.15) is 35.7 Å². The number of esters is 1. The zero-order valence-electron chi connectivity index (χ0n) is 24.1. The van der Waals surface area contributed by atoms with Gasteiger partial charge in [0.15, 0.2) is 0 Å². The molecule has 0 bridgehead atoms. The third kappa shape index (κ3) is 7.01. The lowest BCUT2D eigenvalue weighted by molar-refractivity contribution is -0.385. The third-order valence-electron chi connectivity index (χ3n) is 7.62. The fourth-order valence-electron chi connectivity index (χ4n) is 4.74. The van der Waals surface area contributed by atoms with Crippen LogP contribution >= 0.6 is 11.6 Å². The molecule has 1 aliphatic carbocycles. The second-order valence-corrected chi connectivity index (χ2v) is 13.2. The number of anilines is 1. The van der Waals surface area contributed by atoms with Crippen LogP contribution in [0.2, 0.25) is 5.02 Å². The number of methoxy groups -OCH3 is 1. The van der Waals surface area contributed by atoms with E-state index in [1.807, 2.05) is 4.90 Å². The van der Waals surface area contributed by atoms with Gasteiger partial charge in [0.05, 0.1) is 36.1 Å². The minimum Gasteiger partial charge on any atom is -0.486 e. The Balaban J connectivity index is 1.31. The van der Waals surface area contributed by atoms with Gasteiger partial charge in [0.1, 0.15) is 5.69 Å². The van der Waals surface area contributed by atoms with Crippen LogP contribution in [0.15, 0.2) is 53.5 Å². The van der Waals surface area contributed by atoms with Gasteiger partial charge in [0.2, 0.25) is 5.75 Å². The van der Waals surface area contributed by atoms with Crippen molar-refractivity contribution in [1.29, 1.82) is 0 Å². The minimum atomic E-state index is -4.00. The van der Waals surface area contributed by atoms with Gasteiger partial charge < -0.3 is 14.4 Å². The Morgan fingerprint density at radius 1 is 1.16 bits per heavy atom. The molecule has 2 aliphatic rings. The number of ether oxygens (including phenoxy) is 2.